The SMILES string of the molecule is N#C/C=C/c1cc2c(N3CC4CCC(C3)N4)nc(OC[C@@]34CCCN3C[C@H](F)C4)nc2c(F)c1-c1ccc(F)c2sc(N)nc12. The van der Waals surface area contributed by atoms with Crippen molar-refractivity contribution in [3.63, 3.8) is 0 Å². The number of hydrogen-bond acceptors (Lipinski definition) is 10. The zero-order valence-electron chi connectivity index (χ0n) is 24.4. The number of alkyl halides is 1. The molecule has 4 atom stereocenters. The van der Waals surface area contributed by atoms with E-state index >= 15 is 4.39 Å². The van der Waals surface area contributed by atoms with Gasteiger partial charge in [0.25, 0.3) is 0 Å². The smallest absolute Gasteiger partial charge is 0.319 e. The van der Waals surface area contributed by atoms with E-state index in [1.54, 1.807) is 6.07 Å². The Balaban J connectivity index is 1.31. The third-order valence-electron chi connectivity index (χ3n) is 9.79. The predicted octanol–water partition coefficient (Wildman–Crippen LogP) is 5.20. The minimum Gasteiger partial charge on any atom is -0.461 e. The van der Waals surface area contributed by atoms with Crippen LogP contribution in [0.3, 0.4) is 0 Å². The molecule has 232 valence electrons. The van der Waals surface area contributed by atoms with E-state index in [4.69, 9.17) is 15.5 Å². The van der Waals surface area contributed by atoms with Crippen LogP contribution in [0.4, 0.5) is 24.1 Å². The van der Waals surface area contributed by atoms with Gasteiger partial charge in [-0.15, -0.1) is 0 Å². The third kappa shape index (κ3) is 4.78. The van der Waals surface area contributed by atoms with Crippen LogP contribution in [0.2, 0.25) is 0 Å². The highest BCUT2D eigenvalue weighted by Gasteiger charge is 2.49. The molecular weight excluding hydrogens is 601 g/mol. The number of ether oxygens (including phenoxy) is 1. The van der Waals surface area contributed by atoms with Gasteiger partial charge in [-0.25, -0.2) is 18.2 Å². The molecule has 2 unspecified atom stereocenters. The predicted molar refractivity (Wildman–Crippen MR) is 168 cm³/mol. The Morgan fingerprint density at radius 1 is 1.16 bits per heavy atom. The Hall–Kier alpha value is -3.99. The highest BCUT2D eigenvalue weighted by atomic mass is 32.1. The van der Waals surface area contributed by atoms with Gasteiger partial charge in [0.15, 0.2) is 10.9 Å². The number of nitrogens with two attached hydrogens (primary N) is 1. The molecule has 4 aliphatic heterocycles. The van der Waals surface area contributed by atoms with Gasteiger partial charge in [-0.3, -0.25) is 4.90 Å². The summed E-state index contributed by atoms with van der Waals surface area (Å²) in [7, 11) is 0. The van der Waals surface area contributed by atoms with Gasteiger partial charge in [0, 0.05) is 60.7 Å². The number of hydrogen-bond donors (Lipinski definition) is 2. The van der Waals surface area contributed by atoms with E-state index in [1.165, 1.54) is 24.3 Å². The number of anilines is 2. The maximum Gasteiger partial charge on any atom is 0.319 e. The van der Waals surface area contributed by atoms with Gasteiger partial charge in [0.05, 0.1) is 21.8 Å². The van der Waals surface area contributed by atoms with E-state index in [2.05, 4.69) is 25.1 Å². The van der Waals surface area contributed by atoms with Crippen LogP contribution in [-0.4, -0.2) is 76.4 Å². The monoisotopic (exact) mass is 632 g/mol. The zero-order chi connectivity index (χ0) is 30.9. The maximum atomic E-state index is 17.1. The molecule has 4 fully saturated rings. The summed E-state index contributed by atoms with van der Waals surface area (Å²) in [4.78, 5) is 18.1. The topological polar surface area (TPSA) is 116 Å². The number of nitrogens with zero attached hydrogens (tertiary/aromatic N) is 6. The van der Waals surface area contributed by atoms with Crippen molar-refractivity contribution < 1.29 is 17.9 Å². The Labute approximate surface area is 261 Å². The number of aromatic nitrogens is 3. The molecule has 4 aromatic rings. The Kier molecular flexibility index (Phi) is 6.85. The number of nitrogen functional groups attached to an aromatic ring is 1. The van der Waals surface area contributed by atoms with Crippen molar-refractivity contribution in [2.24, 2.45) is 0 Å². The average Bonchev–Trinajstić information content (AvgIpc) is 3.77. The Bertz CT molecular complexity index is 1900. The number of rotatable bonds is 6. The molecule has 3 N–H and O–H groups in total. The largest absolute Gasteiger partial charge is 0.461 e. The second-order valence-corrected chi connectivity index (χ2v) is 13.6. The van der Waals surface area contributed by atoms with Crippen molar-refractivity contribution in [3.05, 3.63) is 41.5 Å². The van der Waals surface area contributed by atoms with Crippen LogP contribution in [-0.2, 0) is 0 Å². The lowest BCUT2D eigenvalue weighted by molar-refractivity contribution is 0.107. The maximum absolute atomic E-state index is 17.1. The van der Waals surface area contributed by atoms with Gasteiger partial charge in [-0.1, -0.05) is 11.3 Å². The fourth-order valence-electron chi connectivity index (χ4n) is 7.86. The van der Waals surface area contributed by atoms with E-state index in [0.29, 0.717) is 48.4 Å². The first-order valence-corrected chi connectivity index (χ1v) is 16.1. The van der Waals surface area contributed by atoms with Gasteiger partial charge in [-0.05, 0) is 62.1 Å². The standard InChI is InChI=1S/C32H31F3N8OS/c33-18-12-32(8-2-10-43(32)13-18)16-44-31-40-26-22(29(41-31)42-14-19-4-5-20(15-42)38-19)11-17(3-1-9-36)24(25(26)35)21-6-7-23(34)28-27(21)39-30(37)45-28/h1,3,6-7,11,18-20,38H,2,4-5,8,10,12-16H2,(H2,37,39)/b3-1+/t18-,19?,20?,32+/m1/s1. The average molecular weight is 633 g/mol. The van der Waals surface area contributed by atoms with Crippen LogP contribution in [0, 0.1) is 23.0 Å². The van der Waals surface area contributed by atoms with E-state index in [-0.39, 0.29) is 51.1 Å². The minimum absolute atomic E-state index is 0.0271. The first kappa shape index (κ1) is 28.5. The molecule has 2 bridgehead atoms. The quantitative estimate of drug-likeness (QED) is 0.277. The molecular formula is C32H31F3N8OS. The Morgan fingerprint density at radius 3 is 2.78 bits per heavy atom. The molecule has 13 heteroatoms. The first-order valence-electron chi connectivity index (χ1n) is 15.3. The second-order valence-electron chi connectivity index (χ2n) is 12.6. The van der Waals surface area contributed by atoms with Crippen LogP contribution >= 0.6 is 11.3 Å². The van der Waals surface area contributed by atoms with Crippen LogP contribution < -0.4 is 20.7 Å². The van der Waals surface area contributed by atoms with Crippen LogP contribution in [0.25, 0.3) is 38.3 Å². The molecule has 4 saturated heterocycles. The molecule has 8 rings (SSSR count). The summed E-state index contributed by atoms with van der Waals surface area (Å²) in [6.45, 7) is 2.79. The molecule has 0 radical (unpaired) electrons. The molecule has 6 heterocycles. The van der Waals surface area contributed by atoms with Gasteiger partial charge in [-0.2, -0.15) is 15.2 Å². The van der Waals surface area contributed by atoms with E-state index in [9.17, 15) is 14.0 Å². The second kappa shape index (κ2) is 10.8. The molecule has 45 heavy (non-hydrogen) atoms. The summed E-state index contributed by atoms with van der Waals surface area (Å²) in [5, 5.41) is 13.6. The summed E-state index contributed by atoms with van der Waals surface area (Å²) in [6, 6.07) is 7.10. The number of benzene rings is 2. The molecule has 0 saturated carbocycles. The molecule has 9 nitrogen and oxygen atoms in total. The number of nitrogens with one attached hydrogen (secondary N) is 1. The first-order chi connectivity index (χ1) is 21.8. The summed E-state index contributed by atoms with van der Waals surface area (Å²) in [5.41, 5.74) is 6.65. The highest BCUT2D eigenvalue weighted by molar-refractivity contribution is 7.22. The number of thiazole rings is 1. The summed E-state index contributed by atoms with van der Waals surface area (Å²) in [6.07, 6.45) is 6.15. The Morgan fingerprint density at radius 2 is 1.98 bits per heavy atom. The zero-order valence-corrected chi connectivity index (χ0v) is 25.2. The molecule has 0 amide bonds. The normalized spacial score (nSPS) is 26.4. The van der Waals surface area contributed by atoms with Crippen molar-refractivity contribution in [1.82, 2.24) is 25.2 Å². The van der Waals surface area contributed by atoms with Crippen LogP contribution in [0.5, 0.6) is 6.01 Å². The number of nitriles is 1. The van der Waals surface area contributed by atoms with Gasteiger partial charge in [0.1, 0.15) is 29.9 Å². The van der Waals surface area contributed by atoms with Crippen molar-refractivity contribution in [3.8, 4) is 23.2 Å². The van der Waals surface area contributed by atoms with Gasteiger partial charge >= 0.3 is 6.01 Å². The number of fused-ring (bicyclic) bond motifs is 5. The molecule has 0 spiro atoms. The van der Waals surface area contributed by atoms with Gasteiger partial charge < -0.3 is 20.7 Å². The number of allylic oxidation sites excluding steroid dienone is 1. The lowest BCUT2D eigenvalue weighted by atomic mass is 9.95. The van der Waals surface area contributed by atoms with Crippen molar-refractivity contribution in [1.29, 1.82) is 5.26 Å². The number of halogens is 3. The third-order valence-corrected chi connectivity index (χ3v) is 10.7. The minimum atomic E-state index is -0.912. The molecule has 2 aromatic heterocycles. The van der Waals surface area contributed by atoms with Crippen molar-refractivity contribution in [2.75, 3.05) is 43.4 Å². The van der Waals surface area contributed by atoms with Gasteiger partial charge in [0.2, 0.25) is 0 Å². The van der Waals surface area contributed by atoms with E-state index < -0.39 is 23.3 Å². The molecule has 2 aromatic carbocycles. The fourth-order valence-corrected chi connectivity index (χ4v) is 8.62. The van der Waals surface area contributed by atoms with Crippen molar-refractivity contribution >= 4 is 49.5 Å². The fraction of sp³-hybridized carbons (Fsp3) is 0.438. The van der Waals surface area contributed by atoms with Crippen LogP contribution in [0.1, 0.15) is 37.7 Å². The van der Waals surface area contributed by atoms with E-state index in [0.717, 1.165) is 43.6 Å². The highest BCUT2D eigenvalue weighted by Crippen LogP contribution is 2.43. The van der Waals surface area contributed by atoms with E-state index in [1.807, 2.05) is 6.07 Å². The summed E-state index contributed by atoms with van der Waals surface area (Å²) < 4.78 is 52.8. The van der Waals surface area contributed by atoms with Crippen molar-refractivity contribution in [2.45, 2.75) is 55.9 Å². The molecule has 0 aliphatic carbocycles. The number of piperazine rings is 1. The molecule has 4 aliphatic rings. The lowest BCUT2D eigenvalue weighted by Crippen LogP contribution is -2.51. The summed E-state index contributed by atoms with van der Waals surface area (Å²) in [5.74, 6) is -0.626. The summed E-state index contributed by atoms with van der Waals surface area (Å²) >= 11 is 0.986. The van der Waals surface area contributed by atoms with Crippen LogP contribution in [0.15, 0.2) is 24.3 Å². The lowest BCUT2D eigenvalue weighted by Gasteiger charge is -2.35.